The predicted octanol–water partition coefficient (Wildman–Crippen LogP) is 9.21. The molecule has 2 aromatic rings. The Hall–Kier alpha value is -2.76. The third-order valence-corrected chi connectivity index (χ3v) is 9.74. The number of allylic oxidation sites excluding steroid dienone is 2. The molecule has 1 fully saturated rings. The predicted molar refractivity (Wildman–Crippen MR) is 154 cm³/mol. The summed E-state index contributed by atoms with van der Waals surface area (Å²) < 4.78 is 54.6. The van der Waals surface area contributed by atoms with E-state index < -0.39 is 17.0 Å². The summed E-state index contributed by atoms with van der Waals surface area (Å²) in [6.45, 7) is 8.15. The van der Waals surface area contributed by atoms with Crippen molar-refractivity contribution in [1.82, 2.24) is 0 Å². The maximum atomic E-state index is 14.4. The summed E-state index contributed by atoms with van der Waals surface area (Å²) in [6.07, 6.45) is 2.45. The van der Waals surface area contributed by atoms with Crippen LogP contribution in [0.1, 0.15) is 88.8 Å². The number of alkyl halides is 3. The van der Waals surface area contributed by atoms with E-state index in [1.807, 2.05) is 64.1 Å². The summed E-state index contributed by atoms with van der Waals surface area (Å²) in [6, 6.07) is 16.4. The van der Waals surface area contributed by atoms with Crippen LogP contribution in [0.15, 0.2) is 60.2 Å². The van der Waals surface area contributed by atoms with Crippen LogP contribution < -0.4 is 4.74 Å². The first-order valence-electron chi connectivity index (χ1n) is 15.1. The van der Waals surface area contributed by atoms with E-state index in [2.05, 4.69) is 12.1 Å². The molecule has 0 aromatic heterocycles. The number of unbranched alkanes of at least 4 members (excludes halogenated alkanes) is 1. The number of fused-ring (bicyclic) bond motifs is 5. The Balaban J connectivity index is 1.29. The number of benzene rings is 2. The molecule has 0 spiro atoms. The van der Waals surface area contributed by atoms with Gasteiger partial charge in [-0.15, -0.1) is 0 Å². The molecule has 0 aliphatic heterocycles. The van der Waals surface area contributed by atoms with Gasteiger partial charge in [-0.3, -0.25) is 4.79 Å². The molecule has 0 saturated heterocycles. The Morgan fingerprint density at radius 2 is 1.78 bits per heavy atom. The number of carbonyl (C=O) groups is 1. The number of esters is 1. The summed E-state index contributed by atoms with van der Waals surface area (Å²) in [5.74, 6) is 0.955. The van der Waals surface area contributed by atoms with Gasteiger partial charge in [0.1, 0.15) is 12.4 Å². The SMILES string of the molecule is CC(C)(C)C(=O)OCCCCC1C=C(C(F)(F)F)[C@@]2(C)CCC3c4ccc(OCc5ccccc5)cc4CCC3C12. The van der Waals surface area contributed by atoms with Gasteiger partial charge in [-0.05, 0) is 118 Å². The largest absolute Gasteiger partial charge is 0.489 e. The molecule has 0 bridgehead atoms. The van der Waals surface area contributed by atoms with Gasteiger partial charge >= 0.3 is 12.1 Å². The van der Waals surface area contributed by atoms with Crippen LogP contribution in [-0.4, -0.2) is 18.8 Å². The minimum Gasteiger partial charge on any atom is -0.489 e. The van der Waals surface area contributed by atoms with Crippen LogP contribution >= 0.6 is 0 Å². The quantitative estimate of drug-likeness (QED) is 0.181. The second kappa shape index (κ2) is 11.5. The van der Waals surface area contributed by atoms with E-state index in [0.29, 0.717) is 32.5 Å². The highest BCUT2D eigenvalue weighted by Gasteiger charge is 2.60. The standard InChI is InChI=1S/C35H43F3O3/c1-33(2,3)32(39)40-19-9-8-12-25-21-30(35(36,37)38)34(4)18-17-28-27-16-14-26(41-22-23-10-6-5-7-11-23)20-24(27)13-15-29(28)31(25)34/h5-7,10-11,14,16,20-21,25,28-29,31H,8-9,12-13,15,17-19,22H2,1-4H3/t25?,28?,29?,31?,34-/m1/s1. The Morgan fingerprint density at radius 1 is 1.02 bits per heavy atom. The first kappa shape index (κ1) is 29.7. The monoisotopic (exact) mass is 568 g/mol. The molecule has 6 heteroatoms. The van der Waals surface area contributed by atoms with Gasteiger partial charge in [-0.25, -0.2) is 0 Å². The highest BCUT2D eigenvalue weighted by molar-refractivity contribution is 5.75. The minimum absolute atomic E-state index is 0.0304. The molecule has 0 amide bonds. The molecule has 3 aliphatic rings. The molecule has 1 saturated carbocycles. The van der Waals surface area contributed by atoms with E-state index >= 15 is 0 Å². The fraction of sp³-hybridized carbons (Fsp3) is 0.571. The number of hydrogen-bond donors (Lipinski definition) is 0. The molecule has 41 heavy (non-hydrogen) atoms. The van der Waals surface area contributed by atoms with Gasteiger partial charge < -0.3 is 9.47 Å². The first-order valence-corrected chi connectivity index (χ1v) is 15.1. The van der Waals surface area contributed by atoms with Crippen molar-refractivity contribution in [2.75, 3.05) is 6.61 Å². The minimum atomic E-state index is -4.31. The zero-order chi connectivity index (χ0) is 29.4. The van der Waals surface area contributed by atoms with Crippen molar-refractivity contribution in [3.05, 3.63) is 76.9 Å². The Bertz CT molecular complexity index is 1260. The fourth-order valence-electron chi connectivity index (χ4n) is 7.80. The number of hydrogen-bond acceptors (Lipinski definition) is 3. The Morgan fingerprint density at radius 3 is 2.49 bits per heavy atom. The topological polar surface area (TPSA) is 35.5 Å². The van der Waals surface area contributed by atoms with Gasteiger partial charge in [0.15, 0.2) is 0 Å². The van der Waals surface area contributed by atoms with Gasteiger partial charge in [0.25, 0.3) is 0 Å². The molecule has 222 valence electrons. The summed E-state index contributed by atoms with van der Waals surface area (Å²) in [5, 5.41) is 0. The average molecular weight is 569 g/mol. The van der Waals surface area contributed by atoms with E-state index in [0.717, 1.165) is 37.0 Å². The number of ether oxygens (including phenoxy) is 2. The summed E-state index contributed by atoms with van der Waals surface area (Å²) >= 11 is 0. The summed E-state index contributed by atoms with van der Waals surface area (Å²) in [5.41, 5.74) is 1.97. The van der Waals surface area contributed by atoms with Gasteiger partial charge in [0, 0.05) is 11.0 Å². The highest BCUT2D eigenvalue weighted by atomic mass is 19.4. The molecule has 0 heterocycles. The van der Waals surface area contributed by atoms with Crippen molar-refractivity contribution in [3.63, 3.8) is 0 Å². The third-order valence-electron chi connectivity index (χ3n) is 9.74. The number of carbonyl (C=O) groups excluding carboxylic acids is 1. The maximum absolute atomic E-state index is 14.4. The zero-order valence-corrected chi connectivity index (χ0v) is 24.7. The Kier molecular flexibility index (Phi) is 8.33. The molecular formula is C35H43F3O3. The van der Waals surface area contributed by atoms with Gasteiger partial charge in [-0.2, -0.15) is 13.2 Å². The van der Waals surface area contributed by atoms with Crippen LogP contribution in [0.2, 0.25) is 0 Å². The van der Waals surface area contributed by atoms with E-state index in [1.165, 1.54) is 11.1 Å². The summed E-state index contributed by atoms with van der Waals surface area (Å²) in [7, 11) is 0. The second-order valence-electron chi connectivity index (χ2n) is 13.5. The normalized spacial score (nSPS) is 27.3. The van der Waals surface area contributed by atoms with Crippen LogP contribution in [0.5, 0.6) is 5.75 Å². The van der Waals surface area contributed by atoms with Crippen LogP contribution in [0.3, 0.4) is 0 Å². The van der Waals surface area contributed by atoms with E-state index in [-0.39, 0.29) is 35.2 Å². The molecule has 3 nitrogen and oxygen atoms in total. The van der Waals surface area contributed by atoms with Crippen LogP contribution in [0.4, 0.5) is 13.2 Å². The highest BCUT2D eigenvalue weighted by Crippen LogP contribution is 2.65. The molecule has 4 unspecified atom stereocenters. The van der Waals surface area contributed by atoms with Crippen molar-refractivity contribution in [3.8, 4) is 5.75 Å². The molecule has 3 aliphatic carbocycles. The number of aryl methyl sites for hydroxylation is 1. The molecule has 0 N–H and O–H groups in total. The van der Waals surface area contributed by atoms with Crippen molar-refractivity contribution < 1.29 is 27.4 Å². The Labute approximate surface area is 242 Å². The lowest BCUT2D eigenvalue weighted by Crippen LogP contribution is -2.45. The molecule has 2 aromatic carbocycles. The molecule has 5 atom stereocenters. The van der Waals surface area contributed by atoms with Crippen molar-refractivity contribution in [2.45, 2.75) is 91.3 Å². The van der Waals surface area contributed by atoms with E-state index in [4.69, 9.17) is 9.47 Å². The maximum Gasteiger partial charge on any atom is 0.412 e. The molecular weight excluding hydrogens is 525 g/mol. The van der Waals surface area contributed by atoms with Crippen LogP contribution in [0.25, 0.3) is 0 Å². The molecule has 5 rings (SSSR count). The lowest BCUT2D eigenvalue weighted by molar-refractivity contribution is -0.153. The number of halogens is 3. The smallest absolute Gasteiger partial charge is 0.412 e. The van der Waals surface area contributed by atoms with Crippen molar-refractivity contribution >= 4 is 5.97 Å². The van der Waals surface area contributed by atoms with Crippen molar-refractivity contribution in [1.29, 1.82) is 0 Å². The van der Waals surface area contributed by atoms with Crippen LogP contribution in [0, 0.1) is 28.6 Å². The lowest BCUT2D eigenvalue weighted by atomic mass is 9.52. The number of rotatable bonds is 8. The van der Waals surface area contributed by atoms with E-state index in [1.54, 1.807) is 6.08 Å². The van der Waals surface area contributed by atoms with Crippen LogP contribution in [-0.2, 0) is 22.6 Å². The van der Waals surface area contributed by atoms with E-state index in [9.17, 15) is 18.0 Å². The fourth-order valence-corrected chi connectivity index (χ4v) is 7.80. The van der Waals surface area contributed by atoms with Crippen molar-refractivity contribution in [2.24, 2.45) is 28.6 Å². The third kappa shape index (κ3) is 6.22. The first-order chi connectivity index (χ1) is 19.4. The lowest BCUT2D eigenvalue weighted by Gasteiger charge is -2.52. The summed E-state index contributed by atoms with van der Waals surface area (Å²) in [4.78, 5) is 12.1. The van der Waals surface area contributed by atoms with Gasteiger partial charge in [-0.1, -0.05) is 49.4 Å². The zero-order valence-electron chi connectivity index (χ0n) is 24.7. The van der Waals surface area contributed by atoms with Gasteiger partial charge in [0.05, 0.1) is 12.0 Å². The second-order valence-corrected chi connectivity index (χ2v) is 13.5. The average Bonchev–Trinajstić information content (AvgIpc) is 3.24. The van der Waals surface area contributed by atoms with Gasteiger partial charge in [0.2, 0.25) is 0 Å². The molecule has 0 radical (unpaired) electrons.